The maximum atomic E-state index is 12.2. The molecule has 10 nitrogen and oxygen atoms in total. The van der Waals surface area contributed by atoms with E-state index in [9.17, 15) is 31.1 Å². The number of aromatic nitrogens is 1. The highest BCUT2D eigenvalue weighted by Gasteiger charge is 2.43. The molecule has 16 heteroatoms. The summed E-state index contributed by atoms with van der Waals surface area (Å²) in [5.74, 6) is -5.39. The summed E-state index contributed by atoms with van der Waals surface area (Å²) in [5.41, 5.74) is 1.23. The van der Waals surface area contributed by atoms with Crippen molar-refractivity contribution in [3.8, 4) is 0 Å². The Morgan fingerprint density at radius 2 is 1.59 bits per heavy atom. The molecule has 2 N–H and O–H groups in total. The number of likely N-dealkylation sites (tertiary alicyclic amines) is 1. The van der Waals surface area contributed by atoms with Gasteiger partial charge in [0.25, 0.3) is 0 Å². The Bertz CT molecular complexity index is 918. The highest BCUT2D eigenvalue weighted by atomic mass is 19.4. The average Bonchev–Trinajstić information content (AvgIpc) is 3.54. The summed E-state index contributed by atoms with van der Waals surface area (Å²) in [7, 11) is 0. The van der Waals surface area contributed by atoms with Crippen molar-refractivity contribution in [1.29, 1.82) is 0 Å². The molecule has 0 aromatic carbocycles. The Morgan fingerprint density at radius 3 is 2.10 bits per heavy atom. The van der Waals surface area contributed by atoms with Gasteiger partial charge in [0, 0.05) is 44.6 Å². The first kappa shape index (κ1) is 32.2. The molecule has 0 unspecified atom stereocenters. The molecule has 4 rings (SSSR count). The summed E-state index contributed by atoms with van der Waals surface area (Å²) >= 11 is 0. The number of carbonyl (C=O) groups is 3. The van der Waals surface area contributed by atoms with E-state index in [1.807, 2.05) is 23.4 Å². The van der Waals surface area contributed by atoms with E-state index in [0.29, 0.717) is 6.04 Å². The molecule has 39 heavy (non-hydrogen) atoms. The summed E-state index contributed by atoms with van der Waals surface area (Å²) in [6, 6.07) is 4.48. The van der Waals surface area contributed by atoms with Crippen molar-refractivity contribution in [3.05, 3.63) is 30.1 Å². The van der Waals surface area contributed by atoms with E-state index >= 15 is 0 Å². The number of pyridine rings is 1. The molecule has 3 heterocycles. The first-order chi connectivity index (χ1) is 18.2. The van der Waals surface area contributed by atoms with Gasteiger partial charge in [-0.15, -0.1) is 0 Å². The predicted octanol–water partition coefficient (Wildman–Crippen LogP) is 2.72. The van der Waals surface area contributed by atoms with E-state index in [1.54, 1.807) is 0 Å². The first-order valence-corrected chi connectivity index (χ1v) is 11.9. The van der Waals surface area contributed by atoms with Gasteiger partial charge in [0.1, 0.15) is 6.61 Å². The Morgan fingerprint density at radius 1 is 1.00 bits per heavy atom. The molecule has 1 aromatic rings. The predicted molar refractivity (Wildman–Crippen MR) is 120 cm³/mol. The standard InChI is InChI=1S/C19H27N3O3.2C2HF3O2/c23-18(21-8-1-2-9-21)14-25-17-6-5-16-19(17)24-11-10-22(16)13-15-4-3-7-20-12-15;2*3-2(4,5)1(6)7/h3-4,7,12,16-17,19H,1-2,5-6,8-11,13-14H2;2*(H,6,7)/t16-,17+,19+;;/m0../s1. The largest absolute Gasteiger partial charge is 0.490 e. The number of hydrogen-bond donors (Lipinski definition) is 2. The van der Waals surface area contributed by atoms with Crippen LogP contribution in [0.3, 0.4) is 0 Å². The summed E-state index contributed by atoms with van der Waals surface area (Å²) in [4.78, 5) is 38.6. The molecule has 3 atom stereocenters. The van der Waals surface area contributed by atoms with E-state index in [0.717, 1.165) is 58.5 Å². The molecule has 0 bridgehead atoms. The van der Waals surface area contributed by atoms with Crippen LogP contribution in [0, 0.1) is 0 Å². The monoisotopic (exact) mass is 573 g/mol. The third-order valence-corrected chi connectivity index (χ3v) is 6.12. The zero-order valence-corrected chi connectivity index (χ0v) is 20.7. The van der Waals surface area contributed by atoms with Crippen LogP contribution >= 0.6 is 0 Å². The van der Waals surface area contributed by atoms with Crippen LogP contribution in [0.2, 0.25) is 0 Å². The van der Waals surface area contributed by atoms with E-state index in [1.165, 1.54) is 5.56 Å². The number of rotatable bonds is 5. The van der Waals surface area contributed by atoms with Crippen molar-refractivity contribution in [3.63, 3.8) is 0 Å². The van der Waals surface area contributed by atoms with Gasteiger partial charge in [-0.2, -0.15) is 26.3 Å². The van der Waals surface area contributed by atoms with Crippen molar-refractivity contribution in [2.24, 2.45) is 0 Å². The van der Waals surface area contributed by atoms with Crippen molar-refractivity contribution >= 4 is 17.8 Å². The van der Waals surface area contributed by atoms with Gasteiger partial charge in [-0.1, -0.05) is 6.07 Å². The van der Waals surface area contributed by atoms with Crippen LogP contribution < -0.4 is 0 Å². The molecule has 0 radical (unpaired) electrons. The maximum absolute atomic E-state index is 12.2. The fourth-order valence-electron chi connectivity index (χ4n) is 4.33. The van der Waals surface area contributed by atoms with E-state index in [4.69, 9.17) is 29.3 Å². The number of aliphatic carboxylic acids is 2. The normalized spacial score (nSPS) is 23.1. The van der Waals surface area contributed by atoms with Gasteiger partial charge in [0.15, 0.2) is 0 Å². The number of amides is 1. The molecule has 2 saturated heterocycles. The Labute approximate surface area is 219 Å². The zero-order valence-electron chi connectivity index (χ0n) is 20.7. The maximum Gasteiger partial charge on any atom is 0.490 e. The molecule has 1 aromatic heterocycles. The molecule has 0 spiro atoms. The number of halogens is 6. The molecular formula is C23H29F6N3O7. The molecule has 1 amide bonds. The third kappa shape index (κ3) is 10.6. The highest BCUT2D eigenvalue weighted by Crippen LogP contribution is 2.33. The van der Waals surface area contributed by atoms with Crippen molar-refractivity contribution in [2.75, 3.05) is 32.8 Å². The third-order valence-electron chi connectivity index (χ3n) is 6.12. The van der Waals surface area contributed by atoms with Gasteiger partial charge >= 0.3 is 24.3 Å². The van der Waals surface area contributed by atoms with Gasteiger partial charge < -0.3 is 24.6 Å². The number of nitrogens with zero attached hydrogens (tertiary/aromatic N) is 3. The van der Waals surface area contributed by atoms with Crippen molar-refractivity contribution in [2.45, 2.75) is 62.8 Å². The van der Waals surface area contributed by atoms with Gasteiger partial charge in [-0.05, 0) is 37.3 Å². The van der Waals surface area contributed by atoms with Crippen LogP contribution in [0.4, 0.5) is 26.3 Å². The van der Waals surface area contributed by atoms with Crippen LogP contribution in [0.5, 0.6) is 0 Å². The van der Waals surface area contributed by atoms with Gasteiger partial charge in [-0.3, -0.25) is 14.7 Å². The molecule has 220 valence electrons. The molecular weight excluding hydrogens is 544 g/mol. The zero-order chi connectivity index (χ0) is 29.2. The molecule has 3 fully saturated rings. The van der Waals surface area contributed by atoms with Crippen LogP contribution in [0.25, 0.3) is 0 Å². The number of fused-ring (bicyclic) bond motifs is 1. The van der Waals surface area contributed by atoms with E-state index < -0.39 is 24.3 Å². The number of carboxylic acids is 2. The second kappa shape index (κ2) is 14.4. The molecule has 1 saturated carbocycles. The number of carbonyl (C=O) groups excluding carboxylic acids is 1. The number of carboxylic acid groups (broad SMARTS) is 2. The minimum atomic E-state index is -5.08. The summed E-state index contributed by atoms with van der Waals surface area (Å²) in [6.45, 7) is 4.52. The van der Waals surface area contributed by atoms with Crippen molar-refractivity contribution < 1.29 is 60.4 Å². The number of ether oxygens (including phenoxy) is 2. The fraction of sp³-hybridized carbons (Fsp3) is 0.652. The number of morpholine rings is 1. The van der Waals surface area contributed by atoms with Gasteiger partial charge in [-0.25, -0.2) is 9.59 Å². The number of hydrogen-bond acceptors (Lipinski definition) is 7. The quantitative estimate of drug-likeness (QED) is 0.511. The summed E-state index contributed by atoms with van der Waals surface area (Å²) in [5, 5.41) is 14.2. The Balaban J connectivity index is 0.000000317. The second-order valence-corrected chi connectivity index (χ2v) is 8.86. The molecule has 2 aliphatic heterocycles. The van der Waals surface area contributed by atoms with E-state index in [-0.39, 0.29) is 24.7 Å². The fourth-order valence-corrected chi connectivity index (χ4v) is 4.33. The lowest BCUT2D eigenvalue weighted by Gasteiger charge is -2.39. The Kier molecular flexibility index (Phi) is 11.9. The summed E-state index contributed by atoms with van der Waals surface area (Å²) < 4.78 is 75.5. The Hall–Kier alpha value is -2.98. The van der Waals surface area contributed by atoms with Gasteiger partial charge in [0.2, 0.25) is 5.91 Å². The SMILES string of the molecule is O=C(CO[C@@H]1CC[C@H]2[C@H]1OCCN2Cc1cccnc1)N1CCCC1.O=C(O)C(F)(F)F.O=C(O)C(F)(F)F. The lowest BCUT2D eigenvalue weighted by molar-refractivity contribution is -0.193. The average molecular weight is 573 g/mol. The second-order valence-electron chi connectivity index (χ2n) is 8.86. The topological polar surface area (TPSA) is 130 Å². The van der Waals surface area contributed by atoms with Crippen LogP contribution in [0.1, 0.15) is 31.2 Å². The number of alkyl halides is 6. The smallest absolute Gasteiger partial charge is 0.475 e. The van der Waals surface area contributed by atoms with Crippen LogP contribution in [0.15, 0.2) is 24.5 Å². The van der Waals surface area contributed by atoms with Crippen molar-refractivity contribution in [1.82, 2.24) is 14.8 Å². The van der Waals surface area contributed by atoms with Gasteiger partial charge in [0.05, 0.1) is 18.8 Å². The minimum absolute atomic E-state index is 0.0354. The minimum Gasteiger partial charge on any atom is -0.475 e. The molecule has 1 aliphatic carbocycles. The first-order valence-electron chi connectivity index (χ1n) is 11.9. The summed E-state index contributed by atoms with van der Waals surface area (Å²) in [6.07, 6.45) is -2.05. The molecule has 3 aliphatic rings. The van der Waals surface area contributed by atoms with Crippen LogP contribution in [-0.4, -0.2) is 106 Å². The van der Waals surface area contributed by atoms with Crippen LogP contribution in [-0.2, 0) is 30.4 Å². The van der Waals surface area contributed by atoms with E-state index in [2.05, 4.69) is 16.0 Å². The lowest BCUT2D eigenvalue weighted by Crippen LogP contribution is -2.51. The highest BCUT2D eigenvalue weighted by molar-refractivity contribution is 5.77. The lowest BCUT2D eigenvalue weighted by atomic mass is 10.1.